The Morgan fingerprint density at radius 3 is 2.00 bits per heavy atom. The summed E-state index contributed by atoms with van der Waals surface area (Å²) in [4.78, 5) is 13.0. The second-order valence-corrected chi connectivity index (χ2v) is 4.83. The maximum Gasteiger partial charge on any atom is 0.225 e. The number of rotatable bonds is 8. The van der Waals surface area contributed by atoms with E-state index in [0.717, 1.165) is 0 Å². The maximum absolute atomic E-state index is 11.8. The van der Waals surface area contributed by atoms with Crippen LogP contribution in [0, 0.1) is 5.92 Å². The fourth-order valence-corrected chi connectivity index (χ4v) is 1.59. The van der Waals surface area contributed by atoms with Crippen LogP contribution in [0.25, 0.3) is 0 Å². The third-order valence-corrected chi connectivity index (χ3v) is 3.20. The quantitative estimate of drug-likeness (QED) is 0.348. The maximum atomic E-state index is 11.8. The molecule has 0 aromatic rings. The van der Waals surface area contributed by atoms with E-state index in [1.165, 1.54) is 11.9 Å². The minimum Gasteiger partial charge on any atom is -0.394 e. The van der Waals surface area contributed by atoms with Crippen molar-refractivity contribution in [3.8, 4) is 0 Å². The standard InChI is InChI=1S/C12H25NO6/c1-4-7(2)12(19)13(3)5-8(15)10(17)11(18)9(16)6-14/h7-11,14-18H,4-6H2,1-3H3/t7?,8-,9+,10+,11+/m0/s1. The fourth-order valence-electron chi connectivity index (χ4n) is 1.59. The van der Waals surface area contributed by atoms with Gasteiger partial charge in [0.1, 0.15) is 24.4 Å². The molecule has 0 radical (unpaired) electrons. The zero-order valence-corrected chi connectivity index (χ0v) is 11.6. The molecule has 1 unspecified atom stereocenters. The number of carbonyl (C=O) groups is 1. The molecule has 7 heteroatoms. The van der Waals surface area contributed by atoms with E-state index in [9.17, 15) is 20.1 Å². The van der Waals surface area contributed by atoms with E-state index in [4.69, 9.17) is 10.2 Å². The molecule has 0 heterocycles. The molecule has 0 fully saturated rings. The van der Waals surface area contributed by atoms with Gasteiger partial charge in [0.15, 0.2) is 0 Å². The summed E-state index contributed by atoms with van der Waals surface area (Å²) in [6.45, 7) is 2.72. The molecule has 0 aliphatic carbocycles. The van der Waals surface area contributed by atoms with Crippen LogP contribution in [-0.2, 0) is 4.79 Å². The van der Waals surface area contributed by atoms with Crippen LogP contribution in [0.2, 0.25) is 0 Å². The predicted molar refractivity (Wildman–Crippen MR) is 68.2 cm³/mol. The molecule has 114 valence electrons. The molecule has 0 bridgehead atoms. The monoisotopic (exact) mass is 279 g/mol. The van der Waals surface area contributed by atoms with Crippen LogP contribution in [-0.4, -0.2) is 81.0 Å². The van der Waals surface area contributed by atoms with Gasteiger partial charge in [0, 0.05) is 19.5 Å². The van der Waals surface area contributed by atoms with Crippen LogP contribution in [0.4, 0.5) is 0 Å². The lowest BCUT2D eigenvalue weighted by molar-refractivity contribution is -0.141. The molecule has 5 N–H and O–H groups in total. The molecule has 0 aliphatic rings. The summed E-state index contributed by atoms with van der Waals surface area (Å²) in [6.07, 6.45) is -5.61. The molecule has 0 rings (SSSR count). The first-order chi connectivity index (χ1) is 8.76. The fraction of sp³-hybridized carbons (Fsp3) is 0.917. The predicted octanol–water partition coefficient (Wildman–Crippen LogP) is -2.07. The third-order valence-electron chi connectivity index (χ3n) is 3.20. The Bertz CT molecular complexity index is 275. The molecular formula is C12H25NO6. The van der Waals surface area contributed by atoms with Gasteiger partial charge in [-0.2, -0.15) is 0 Å². The molecule has 5 atom stereocenters. The molecular weight excluding hydrogens is 254 g/mol. The first-order valence-corrected chi connectivity index (χ1v) is 6.34. The number of nitrogens with zero attached hydrogens (tertiary/aromatic N) is 1. The second kappa shape index (κ2) is 8.44. The van der Waals surface area contributed by atoms with Crippen molar-refractivity contribution in [2.45, 2.75) is 44.7 Å². The average molecular weight is 279 g/mol. The van der Waals surface area contributed by atoms with Crippen molar-refractivity contribution in [1.82, 2.24) is 4.90 Å². The lowest BCUT2D eigenvalue weighted by Crippen LogP contribution is -2.50. The van der Waals surface area contributed by atoms with Crippen molar-refractivity contribution in [3.05, 3.63) is 0 Å². The number of hydrogen-bond donors (Lipinski definition) is 5. The lowest BCUT2D eigenvalue weighted by Gasteiger charge is -2.29. The van der Waals surface area contributed by atoms with Gasteiger partial charge in [-0.3, -0.25) is 4.79 Å². The van der Waals surface area contributed by atoms with Crippen LogP contribution < -0.4 is 0 Å². The van der Waals surface area contributed by atoms with Crippen molar-refractivity contribution in [2.24, 2.45) is 5.92 Å². The van der Waals surface area contributed by atoms with Crippen LogP contribution in [0.15, 0.2) is 0 Å². The van der Waals surface area contributed by atoms with Gasteiger partial charge in [0.2, 0.25) is 5.91 Å². The van der Waals surface area contributed by atoms with Crippen molar-refractivity contribution in [2.75, 3.05) is 20.2 Å². The zero-order valence-electron chi connectivity index (χ0n) is 11.6. The minimum absolute atomic E-state index is 0.167. The van der Waals surface area contributed by atoms with Gasteiger partial charge in [-0.1, -0.05) is 13.8 Å². The average Bonchev–Trinajstić information content (AvgIpc) is 2.42. The van der Waals surface area contributed by atoms with Gasteiger partial charge in [-0.25, -0.2) is 0 Å². The summed E-state index contributed by atoms with van der Waals surface area (Å²) in [5.74, 6) is -0.367. The van der Waals surface area contributed by atoms with E-state index in [1.54, 1.807) is 6.92 Å². The van der Waals surface area contributed by atoms with Crippen LogP contribution in [0.3, 0.4) is 0 Å². The number of aliphatic hydroxyl groups excluding tert-OH is 5. The summed E-state index contributed by atoms with van der Waals surface area (Å²) in [5, 5.41) is 46.6. The number of hydrogen-bond acceptors (Lipinski definition) is 6. The van der Waals surface area contributed by atoms with Crippen molar-refractivity contribution >= 4 is 5.91 Å². The van der Waals surface area contributed by atoms with Crippen molar-refractivity contribution < 1.29 is 30.3 Å². The number of carbonyl (C=O) groups excluding carboxylic acids is 1. The number of amides is 1. The summed E-state index contributed by atoms with van der Waals surface area (Å²) < 4.78 is 0. The first-order valence-electron chi connectivity index (χ1n) is 6.34. The van der Waals surface area contributed by atoms with Crippen LogP contribution in [0.5, 0.6) is 0 Å². The Kier molecular flexibility index (Phi) is 8.12. The van der Waals surface area contributed by atoms with E-state index in [2.05, 4.69) is 0 Å². The van der Waals surface area contributed by atoms with E-state index in [0.29, 0.717) is 6.42 Å². The van der Waals surface area contributed by atoms with Gasteiger partial charge >= 0.3 is 0 Å². The topological polar surface area (TPSA) is 121 Å². The molecule has 1 amide bonds. The van der Waals surface area contributed by atoms with Crippen LogP contribution >= 0.6 is 0 Å². The van der Waals surface area contributed by atoms with Gasteiger partial charge in [0.05, 0.1) is 6.61 Å². The first kappa shape index (κ1) is 18.3. The summed E-state index contributed by atoms with van der Waals surface area (Å²) >= 11 is 0. The molecule has 0 saturated heterocycles. The Hall–Kier alpha value is -0.730. The SMILES string of the molecule is CCC(C)C(=O)N(C)C[C@H](O)[C@@H](O)[C@H](O)[C@H](O)CO. The normalized spacial score (nSPS) is 19.4. The molecule has 0 aromatic carbocycles. The molecule has 0 saturated carbocycles. The Labute approximate surface area is 113 Å². The minimum atomic E-state index is -1.67. The van der Waals surface area contributed by atoms with Crippen molar-refractivity contribution in [1.29, 1.82) is 0 Å². The van der Waals surface area contributed by atoms with Crippen LogP contribution in [0.1, 0.15) is 20.3 Å². The van der Waals surface area contributed by atoms with E-state index < -0.39 is 31.0 Å². The Balaban J connectivity index is 4.43. The van der Waals surface area contributed by atoms with Gasteiger partial charge in [0.25, 0.3) is 0 Å². The summed E-state index contributed by atoms with van der Waals surface area (Å²) in [5.41, 5.74) is 0. The van der Waals surface area contributed by atoms with Crippen molar-refractivity contribution in [3.63, 3.8) is 0 Å². The molecule has 0 aliphatic heterocycles. The largest absolute Gasteiger partial charge is 0.394 e. The highest BCUT2D eigenvalue weighted by Gasteiger charge is 2.31. The van der Waals surface area contributed by atoms with Gasteiger partial charge < -0.3 is 30.4 Å². The number of likely N-dealkylation sites (N-methyl/N-ethyl adjacent to an activating group) is 1. The Morgan fingerprint density at radius 2 is 1.58 bits per heavy atom. The zero-order chi connectivity index (χ0) is 15.2. The molecule has 0 aromatic heterocycles. The van der Waals surface area contributed by atoms with E-state index >= 15 is 0 Å². The summed E-state index contributed by atoms with van der Waals surface area (Å²) in [7, 11) is 1.49. The van der Waals surface area contributed by atoms with Gasteiger partial charge in [-0.15, -0.1) is 0 Å². The highest BCUT2D eigenvalue weighted by Crippen LogP contribution is 2.09. The molecule has 0 spiro atoms. The lowest BCUT2D eigenvalue weighted by atomic mass is 10.0. The highest BCUT2D eigenvalue weighted by molar-refractivity contribution is 5.78. The second-order valence-electron chi connectivity index (χ2n) is 4.83. The molecule has 7 nitrogen and oxygen atoms in total. The smallest absolute Gasteiger partial charge is 0.225 e. The number of aliphatic hydroxyl groups is 5. The Morgan fingerprint density at radius 1 is 1.11 bits per heavy atom. The molecule has 19 heavy (non-hydrogen) atoms. The van der Waals surface area contributed by atoms with E-state index in [1.807, 2.05) is 6.92 Å². The summed E-state index contributed by atoms with van der Waals surface area (Å²) in [6, 6.07) is 0. The highest BCUT2D eigenvalue weighted by atomic mass is 16.4. The third kappa shape index (κ3) is 5.42. The van der Waals surface area contributed by atoms with E-state index in [-0.39, 0.29) is 18.4 Å². The van der Waals surface area contributed by atoms with Gasteiger partial charge in [-0.05, 0) is 6.42 Å².